The number of nitrogens with zero attached hydrogens (tertiary/aromatic N) is 3. The van der Waals surface area contributed by atoms with Crippen molar-refractivity contribution in [2.45, 2.75) is 20.3 Å². The van der Waals surface area contributed by atoms with Gasteiger partial charge in [-0.15, -0.1) is 0 Å². The standard InChI is InChI=1S/C22H27N3O2S/c1-16-14-17(2)21-19(15-16)28-22(23-21)25(12-11-24(3)4)20(26)10-13-27-18-8-6-5-7-9-18/h5-9,14-15H,10-13H2,1-4H3. The van der Waals surface area contributed by atoms with Crippen molar-refractivity contribution in [2.75, 3.05) is 38.7 Å². The molecule has 148 valence electrons. The van der Waals surface area contributed by atoms with E-state index in [9.17, 15) is 4.79 Å². The highest BCUT2D eigenvalue weighted by molar-refractivity contribution is 7.22. The molecule has 6 heteroatoms. The van der Waals surface area contributed by atoms with Crippen LogP contribution in [0, 0.1) is 13.8 Å². The molecular formula is C22H27N3O2S. The third-order valence-electron chi connectivity index (χ3n) is 4.45. The fourth-order valence-corrected chi connectivity index (χ4v) is 4.19. The maximum atomic E-state index is 13.0. The van der Waals surface area contributed by atoms with E-state index in [1.165, 1.54) is 5.56 Å². The summed E-state index contributed by atoms with van der Waals surface area (Å²) in [6.07, 6.45) is 0.316. The van der Waals surface area contributed by atoms with E-state index in [1.54, 1.807) is 16.2 Å². The first-order valence-electron chi connectivity index (χ1n) is 9.45. The highest BCUT2D eigenvalue weighted by atomic mass is 32.1. The van der Waals surface area contributed by atoms with Crippen molar-refractivity contribution in [2.24, 2.45) is 0 Å². The maximum Gasteiger partial charge on any atom is 0.232 e. The van der Waals surface area contributed by atoms with Crippen molar-refractivity contribution in [3.8, 4) is 5.75 Å². The topological polar surface area (TPSA) is 45.7 Å². The van der Waals surface area contributed by atoms with Crippen LogP contribution in [0.2, 0.25) is 0 Å². The summed E-state index contributed by atoms with van der Waals surface area (Å²) in [7, 11) is 4.01. The minimum Gasteiger partial charge on any atom is -0.493 e. The van der Waals surface area contributed by atoms with Gasteiger partial charge in [-0.05, 0) is 57.3 Å². The number of para-hydroxylation sites is 1. The Hall–Kier alpha value is -2.44. The Labute approximate surface area is 170 Å². The molecule has 0 saturated carbocycles. The highest BCUT2D eigenvalue weighted by Gasteiger charge is 2.20. The number of ether oxygens (including phenoxy) is 1. The Morgan fingerprint density at radius 2 is 1.86 bits per heavy atom. The van der Waals surface area contributed by atoms with E-state index in [2.05, 4.69) is 30.9 Å². The molecule has 0 aliphatic rings. The van der Waals surface area contributed by atoms with E-state index < -0.39 is 0 Å². The number of fused-ring (bicyclic) bond motifs is 1. The van der Waals surface area contributed by atoms with Crippen LogP contribution in [0.5, 0.6) is 5.75 Å². The number of aryl methyl sites for hydroxylation is 2. The molecule has 2 aromatic carbocycles. The number of hydrogen-bond acceptors (Lipinski definition) is 5. The number of rotatable bonds is 8. The molecule has 1 aromatic heterocycles. The molecule has 3 rings (SSSR count). The van der Waals surface area contributed by atoms with Crippen molar-refractivity contribution in [1.29, 1.82) is 0 Å². The van der Waals surface area contributed by atoms with E-state index in [4.69, 9.17) is 9.72 Å². The average Bonchev–Trinajstić information content (AvgIpc) is 3.06. The van der Waals surface area contributed by atoms with Gasteiger partial charge in [0.05, 0.1) is 23.2 Å². The first-order chi connectivity index (χ1) is 13.4. The lowest BCUT2D eigenvalue weighted by Crippen LogP contribution is -2.37. The normalized spacial score (nSPS) is 11.2. The molecule has 0 spiro atoms. The molecule has 0 fully saturated rings. The van der Waals surface area contributed by atoms with Gasteiger partial charge in [0.2, 0.25) is 5.91 Å². The van der Waals surface area contributed by atoms with Gasteiger partial charge in [-0.3, -0.25) is 9.69 Å². The molecule has 1 heterocycles. The largest absolute Gasteiger partial charge is 0.493 e. The minimum atomic E-state index is 0.0335. The van der Waals surface area contributed by atoms with Gasteiger partial charge in [-0.1, -0.05) is 35.6 Å². The van der Waals surface area contributed by atoms with Crippen LogP contribution in [0.15, 0.2) is 42.5 Å². The predicted octanol–water partition coefficient (Wildman–Crippen LogP) is 4.28. The molecule has 1 amide bonds. The van der Waals surface area contributed by atoms with Gasteiger partial charge in [0.15, 0.2) is 5.13 Å². The van der Waals surface area contributed by atoms with Gasteiger partial charge in [0.1, 0.15) is 5.75 Å². The summed E-state index contributed by atoms with van der Waals surface area (Å²) in [5.41, 5.74) is 3.33. The minimum absolute atomic E-state index is 0.0335. The first-order valence-corrected chi connectivity index (χ1v) is 10.3. The number of hydrogen-bond donors (Lipinski definition) is 0. The lowest BCUT2D eigenvalue weighted by Gasteiger charge is -2.22. The molecule has 0 N–H and O–H groups in total. The number of carbonyl (C=O) groups is 1. The molecular weight excluding hydrogens is 370 g/mol. The fourth-order valence-electron chi connectivity index (χ4n) is 3.01. The molecule has 5 nitrogen and oxygen atoms in total. The van der Waals surface area contributed by atoms with Crippen molar-refractivity contribution in [3.05, 3.63) is 53.6 Å². The van der Waals surface area contributed by atoms with Crippen molar-refractivity contribution in [3.63, 3.8) is 0 Å². The summed E-state index contributed by atoms with van der Waals surface area (Å²) in [5, 5.41) is 0.760. The summed E-state index contributed by atoms with van der Waals surface area (Å²) >= 11 is 1.58. The van der Waals surface area contributed by atoms with Crippen LogP contribution >= 0.6 is 11.3 Å². The predicted molar refractivity (Wildman–Crippen MR) is 117 cm³/mol. The number of benzene rings is 2. The number of amides is 1. The van der Waals surface area contributed by atoms with Crippen LogP contribution in [0.25, 0.3) is 10.2 Å². The van der Waals surface area contributed by atoms with E-state index in [1.807, 2.05) is 44.4 Å². The zero-order valence-corrected chi connectivity index (χ0v) is 17.8. The summed E-state index contributed by atoms with van der Waals surface area (Å²) in [6, 6.07) is 13.8. The average molecular weight is 398 g/mol. The van der Waals surface area contributed by atoms with Crippen molar-refractivity contribution in [1.82, 2.24) is 9.88 Å². The van der Waals surface area contributed by atoms with Crippen LogP contribution in [-0.4, -0.2) is 49.6 Å². The summed E-state index contributed by atoms with van der Waals surface area (Å²) in [4.78, 5) is 21.6. The number of likely N-dealkylation sites (N-methyl/N-ethyl adjacent to an activating group) is 1. The second-order valence-corrected chi connectivity index (χ2v) is 8.19. The zero-order chi connectivity index (χ0) is 20.1. The molecule has 0 saturated heterocycles. The van der Waals surface area contributed by atoms with Crippen LogP contribution in [-0.2, 0) is 4.79 Å². The Morgan fingerprint density at radius 1 is 1.11 bits per heavy atom. The number of anilines is 1. The Bertz CT molecular complexity index is 938. The Balaban J connectivity index is 1.76. The molecule has 0 unspecified atom stereocenters. The fraction of sp³-hybridized carbons (Fsp3) is 0.364. The lowest BCUT2D eigenvalue weighted by atomic mass is 10.1. The SMILES string of the molecule is Cc1cc(C)c2nc(N(CCN(C)C)C(=O)CCOc3ccccc3)sc2c1. The number of aromatic nitrogens is 1. The van der Waals surface area contributed by atoms with E-state index in [0.717, 1.165) is 33.2 Å². The second-order valence-electron chi connectivity index (χ2n) is 7.19. The third kappa shape index (κ3) is 5.09. The summed E-state index contributed by atoms with van der Waals surface area (Å²) < 4.78 is 6.83. The molecule has 0 atom stereocenters. The van der Waals surface area contributed by atoms with Crippen LogP contribution < -0.4 is 9.64 Å². The Morgan fingerprint density at radius 3 is 2.57 bits per heavy atom. The van der Waals surface area contributed by atoms with Crippen LogP contribution in [0.4, 0.5) is 5.13 Å². The molecule has 28 heavy (non-hydrogen) atoms. The summed E-state index contributed by atoms with van der Waals surface area (Å²) in [5.74, 6) is 0.812. The molecule has 0 aliphatic carbocycles. The molecule has 0 bridgehead atoms. The lowest BCUT2D eigenvalue weighted by molar-refractivity contribution is -0.119. The van der Waals surface area contributed by atoms with E-state index in [-0.39, 0.29) is 5.91 Å². The van der Waals surface area contributed by atoms with Gasteiger partial charge in [-0.2, -0.15) is 0 Å². The monoisotopic (exact) mass is 397 g/mol. The number of thiazole rings is 1. The third-order valence-corrected chi connectivity index (χ3v) is 5.47. The van der Waals surface area contributed by atoms with Gasteiger partial charge in [0, 0.05) is 13.1 Å². The van der Waals surface area contributed by atoms with Gasteiger partial charge < -0.3 is 9.64 Å². The van der Waals surface area contributed by atoms with Crippen molar-refractivity contribution < 1.29 is 9.53 Å². The highest BCUT2D eigenvalue weighted by Crippen LogP contribution is 2.32. The van der Waals surface area contributed by atoms with Crippen molar-refractivity contribution >= 4 is 32.6 Å². The first kappa shape index (κ1) is 20.3. The summed E-state index contributed by atoms with van der Waals surface area (Å²) in [6.45, 7) is 5.89. The van der Waals surface area contributed by atoms with Crippen LogP contribution in [0.3, 0.4) is 0 Å². The second kappa shape index (κ2) is 9.17. The zero-order valence-electron chi connectivity index (χ0n) is 16.9. The smallest absolute Gasteiger partial charge is 0.232 e. The van der Waals surface area contributed by atoms with E-state index in [0.29, 0.717) is 19.6 Å². The molecule has 3 aromatic rings. The molecule has 0 radical (unpaired) electrons. The molecule has 0 aliphatic heterocycles. The van der Waals surface area contributed by atoms with E-state index >= 15 is 0 Å². The Kier molecular flexibility index (Phi) is 6.65. The number of carbonyl (C=O) groups excluding carboxylic acids is 1. The quantitative estimate of drug-likeness (QED) is 0.569. The van der Waals surface area contributed by atoms with Crippen LogP contribution in [0.1, 0.15) is 17.5 Å². The van der Waals surface area contributed by atoms with Gasteiger partial charge in [0.25, 0.3) is 0 Å². The van der Waals surface area contributed by atoms with Gasteiger partial charge in [-0.25, -0.2) is 4.98 Å². The van der Waals surface area contributed by atoms with Gasteiger partial charge >= 0.3 is 0 Å². The maximum absolute atomic E-state index is 13.0.